The fraction of sp³-hybridized carbons (Fsp3) is 0.417. The summed E-state index contributed by atoms with van der Waals surface area (Å²) in [5.41, 5.74) is 0.354. The third-order valence-electron chi connectivity index (χ3n) is 3.45. The van der Waals surface area contributed by atoms with Crippen molar-refractivity contribution in [3.8, 4) is 0 Å². The van der Waals surface area contributed by atoms with E-state index in [0.29, 0.717) is 18.2 Å². The van der Waals surface area contributed by atoms with Gasteiger partial charge in [-0.1, -0.05) is 6.42 Å². The molecule has 7 heteroatoms. The first-order valence-corrected chi connectivity index (χ1v) is 7.67. The molecule has 0 bridgehead atoms. The molecule has 2 aliphatic rings. The molecule has 102 valence electrons. The SMILES string of the molecule is O=S1(=O)NC(=NCC2CCC2)Nc2ccc(F)cc21. The zero-order valence-electron chi connectivity index (χ0n) is 10.2. The fourth-order valence-corrected chi connectivity index (χ4v) is 3.28. The summed E-state index contributed by atoms with van der Waals surface area (Å²) in [6.07, 6.45) is 3.51. The van der Waals surface area contributed by atoms with Crippen molar-refractivity contribution in [1.82, 2.24) is 4.72 Å². The monoisotopic (exact) mass is 283 g/mol. The van der Waals surface area contributed by atoms with Gasteiger partial charge < -0.3 is 5.32 Å². The Balaban J connectivity index is 1.88. The van der Waals surface area contributed by atoms with Gasteiger partial charge in [0.15, 0.2) is 0 Å². The van der Waals surface area contributed by atoms with E-state index < -0.39 is 15.8 Å². The largest absolute Gasteiger partial charge is 0.324 e. The van der Waals surface area contributed by atoms with Crippen LogP contribution < -0.4 is 10.0 Å². The minimum absolute atomic E-state index is 0.0879. The minimum Gasteiger partial charge on any atom is -0.324 e. The second kappa shape index (κ2) is 4.48. The molecule has 1 aliphatic carbocycles. The molecule has 1 aromatic carbocycles. The van der Waals surface area contributed by atoms with E-state index in [1.54, 1.807) is 0 Å². The van der Waals surface area contributed by atoms with Gasteiger partial charge in [0.25, 0.3) is 10.0 Å². The van der Waals surface area contributed by atoms with Crippen LogP contribution >= 0.6 is 0 Å². The van der Waals surface area contributed by atoms with E-state index in [4.69, 9.17) is 0 Å². The summed E-state index contributed by atoms with van der Waals surface area (Å²) in [6, 6.07) is 3.62. The van der Waals surface area contributed by atoms with E-state index in [1.165, 1.54) is 18.6 Å². The molecule has 3 rings (SSSR count). The lowest BCUT2D eigenvalue weighted by Gasteiger charge is -2.25. The second-order valence-electron chi connectivity index (χ2n) is 4.86. The highest BCUT2D eigenvalue weighted by molar-refractivity contribution is 7.90. The Hall–Kier alpha value is -1.63. The summed E-state index contributed by atoms with van der Waals surface area (Å²) in [5, 5.41) is 2.88. The van der Waals surface area contributed by atoms with Crippen LogP contribution in [0.4, 0.5) is 10.1 Å². The van der Waals surface area contributed by atoms with E-state index in [9.17, 15) is 12.8 Å². The Bertz CT molecular complexity index is 638. The molecule has 0 spiro atoms. The first-order chi connectivity index (χ1) is 9.04. The third-order valence-corrected chi connectivity index (χ3v) is 4.83. The second-order valence-corrected chi connectivity index (χ2v) is 6.51. The molecule has 5 nitrogen and oxygen atoms in total. The van der Waals surface area contributed by atoms with Crippen molar-refractivity contribution in [1.29, 1.82) is 0 Å². The number of anilines is 1. The van der Waals surface area contributed by atoms with Crippen LogP contribution in [-0.2, 0) is 10.0 Å². The van der Waals surface area contributed by atoms with E-state index in [2.05, 4.69) is 15.0 Å². The summed E-state index contributed by atoms with van der Waals surface area (Å²) < 4.78 is 39.3. The predicted molar refractivity (Wildman–Crippen MR) is 70.0 cm³/mol. The number of hydrogen-bond acceptors (Lipinski definition) is 3. The molecule has 1 fully saturated rings. The summed E-state index contributed by atoms with van der Waals surface area (Å²) in [7, 11) is -3.73. The molecule has 1 saturated carbocycles. The highest BCUT2D eigenvalue weighted by Crippen LogP contribution is 2.28. The Morgan fingerprint density at radius 3 is 2.84 bits per heavy atom. The molecule has 0 atom stereocenters. The molecule has 1 aliphatic heterocycles. The number of nitrogens with zero attached hydrogens (tertiary/aromatic N) is 1. The van der Waals surface area contributed by atoms with Crippen molar-refractivity contribution >= 4 is 21.7 Å². The maximum absolute atomic E-state index is 13.1. The molecule has 1 aromatic rings. The smallest absolute Gasteiger partial charge is 0.266 e. The Labute approximate surface area is 111 Å². The van der Waals surface area contributed by atoms with Gasteiger partial charge in [0, 0.05) is 6.54 Å². The Morgan fingerprint density at radius 2 is 2.16 bits per heavy atom. The number of hydrogen-bond donors (Lipinski definition) is 2. The molecular formula is C12H14FN3O2S. The van der Waals surface area contributed by atoms with Crippen molar-refractivity contribution in [3.05, 3.63) is 24.0 Å². The van der Waals surface area contributed by atoms with Crippen molar-refractivity contribution in [2.45, 2.75) is 24.2 Å². The molecule has 2 N–H and O–H groups in total. The number of aliphatic imine (C=N–C) groups is 1. The zero-order valence-corrected chi connectivity index (χ0v) is 11.0. The standard InChI is InChI=1S/C12H14FN3O2S/c13-9-4-5-10-11(6-9)19(17,18)16-12(15-10)14-7-8-2-1-3-8/h4-6,8H,1-3,7H2,(H2,14,15,16). The lowest BCUT2D eigenvalue weighted by Crippen LogP contribution is -2.41. The lowest BCUT2D eigenvalue weighted by atomic mass is 9.86. The quantitative estimate of drug-likeness (QED) is 0.867. The molecule has 19 heavy (non-hydrogen) atoms. The van der Waals surface area contributed by atoms with Crippen molar-refractivity contribution in [2.75, 3.05) is 11.9 Å². The number of fused-ring (bicyclic) bond motifs is 1. The number of guanidine groups is 1. The van der Waals surface area contributed by atoms with E-state index in [0.717, 1.165) is 18.9 Å². The molecule has 0 saturated heterocycles. The van der Waals surface area contributed by atoms with Gasteiger partial charge in [0.1, 0.15) is 10.7 Å². The van der Waals surface area contributed by atoms with Crippen LogP contribution in [0.3, 0.4) is 0 Å². The van der Waals surface area contributed by atoms with Crippen molar-refractivity contribution in [3.63, 3.8) is 0 Å². The highest BCUT2D eigenvalue weighted by Gasteiger charge is 2.27. The number of halogens is 1. The van der Waals surface area contributed by atoms with E-state index in [-0.39, 0.29) is 10.9 Å². The summed E-state index contributed by atoms with van der Waals surface area (Å²) in [6.45, 7) is 0.612. The van der Waals surface area contributed by atoms with E-state index >= 15 is 0 Å². The van der Waals surface area contributed by atoms with Gasteiger partial charge >= 0.3 is 0 Å². The topological polar surface area (TPSA) is 70.6 Å². The van der Waals surface area contributed by atoms with Crippen LogP contribution in [-0.4, -0.2) is 20.9 Å². The number of rotatable bonds is 2. The van der Waals surface area contributed by atoms with Crippen LogP contribution in [0.5, 0.6) is 0 Å². The summed E-state index contributed by atoms with van der Waals surface area (Å²) in [4.78, 5) is 4.16. The zero-order chi connectivity index (χ0) is 13.5. The average molecular weight is 283 g/mol. The lowest BCUT2D eigenvalue weighted by molar-refractivity contribution is 0.326. The first-order valence-electron chi connectivity index (χ1n) is 6.18. The number of sulfonamides is 1. The molecule has 0 aromatic heterocycles. The van der Waals surface area contributed by atoms with Crippen molar-refractivity contribution in [2.24, 2.45) is 10.9 Å². The maximum Gasteiger partial charge on any atom is 0.266 e. The van der Waals surface area contributed by atoms with Gasteiger partial charge in [-0.15, -0.1) is 0 Å². The van der Waals surface area contributed by atoms with Crippen LogP contribution in [0.1, 0.15) is 19.3 Å². The molecule has 1 heterocycles. The molecular weight excluding hydrogens is 269 g/mol. The van der Waals surface area contributed by atoms with Gasteiger partial charge in [-0.2, -0.15) is 0 Å². The van der Waals surface area contributed by atoms with Gasteiger partial charge in [-0.25, -0.2) is 17.5 Å². The number of nitrogens with one attached hydrogen (secondary N) is 2. The summed E-state index contributed by atoms with van der Waals surface area (Å²) >= 11 is 0. The number of benzene rings is 1. The van der Waals surface area contributed by atoms with Gasteiger partial charge in [0.2, 0.25) is 5.96 Å². The Kier molecular flexibility index (Phi) is 2.93. The van der Waals surface area contributed by atoms with Crippen LogP contribution in [0.25, 0.3) is 0 Å². The minimum atomic E-state index is -3.73. The van der Waals surface area contributed by atoms with Gasteiger partial charge in [-0.05, 0) is 37.0 Å². The average Bonchev–Trinajstić information content (AvgIpc) is 2.27. The molecule has 0 radical (unpaired) electrons. The van der Waals surface area contributed by atoms with Crippen molar-refractivity contribution < 1.29 is 12.8 Å². The van der Waals surface area contributed by atoms with Crippen LogP contribution in [0, 0.1) is 11.7 Å². The van der Waals surface area contributed by atoms with Gasteiger partial charge in [-0.3, -0.25) is 4.99 Å². The highest BCUT2D eigenvalue weighted by atomic mass is 32.2. The normalized spacial score (nSPS) is 23.1. The van der Waals surface area contributed by atoms with E-state index in [1.807, 2.05) is 0 Å². The maximum atomic E-state index is 13.1. The van der Waals surface area contributed by atoms with Crippen LogP contribution in [0.2, 0.25) is 0 Å². The molecule has 0 unspecified atom stereocenters. The fourth-order valence-electron chi connectivity index (χ4n) is 2.12. The third kappa shape index (κ3) is 2.42. The summed E-state index contributed by atoms with van der Waals surface area (Å²) in [5.74, 6) is 0.181. The predicted octanol–water partition coefficient (Wildman–Crippen LogP) is 1.69. The Morgan fingerprint density at radius 1 is 1.37 bits per heavy atom. The first kappa shape index (κ1) is 12.4. The van der Waals surface area contributed by atoms with Gasteiger partial charge in [0.05, 0.1) is 5.69 Å². The van der Waals surface area contributed by atoms with Crippen LogP contribution in [0.15, 0.2) is 28.1 Å². The molecule has 0 amide bonds.